The largest absolute Gasteiger partial charge is 0.342 e. The third-order valence-corrected chi connectivity index (χ3v) is 3.23. The van der Waals surface area contributed by atoms with Crippen LogP contribution in [0.3, 0.4) is 0 Å². The van der Waals surface area contributed by atoms with Crippen LogP contribution in [0.5, 0.6) is 0 Å². The van der Waals surface area contributed by atoms with Crippen LogP contribution in [0.2, 0.25) is 0 Å². The second-order valence-electron chi connectivity index (χ2n) is 4.80. The molecule has 1 aromatic carbocycles. The molecular weight excluding hydrogens is 342 g/mol. The van der Waals surface area contributed by atoms with Crippen molar-refractivity contribution in [1.29, 1.82) is 0 Å². The Kier molecular flexibility index (Phi) is 9.48. The number of amides is 1. The van der Waals surface area contributed by atoms with Gasteiger partial charge in [0.15, 0.2) is 0 Å². The molecule has 0 bridgehead atoms. The van der Waals surface area contributed by atoms with Crippen LogP contribution in [0, 0.1) is 5.82 Å². The van der Waals surface area contributed by atoms with Crippen molar-refractivity contribution < 1.29 is 9.18 Å². The summed E-state index contributed by atoms with van der Waals surface area (Å²) in [6, 6.07) is 5.69. The van der Waals surface area contributed by atoms with Gasteiger partial charge >= 0.3 is 0 Å². The van der Waals surface area contributed by atoms with Crippen LogP contribution >= 0.6 is 24.8 Å². The first-order valence-corrected chi connectivity index (χ1v) is 6.78. The number of hydrogen-bond donors (Lipinski definition) is 2. The quantitative estimate of drug-likeness (QED) is 0.828. The second kappa shape index (κ2) is 10.2. The lowest BCUT2D eigenvalue weighted by molar-refractivity contribution is -0.121. The van der Waals surface area contributed by atoms with Crippen LogP contribution in [-0.4, -0.2) is 29.1 Å². The van der Waals surface area contributed by atoms with Crippen molar-refractivity contribution in [2.75, 3.05) is 13.6 Å². The predicted molar refractivity (Wildman–Crippen MR) is 92.6 cm³/mol. The highest BCUT2D eigenvalue weighted by molar-refractivity contribution is 5.85. The van der Waals surface area contributed by atoms with Crippen molar-refractivity contribution in [2.24, 2.45) is 7.05 Å². The number of rotatable bonds is 6. The summed E-state index contributed by atoms with van der Waals surface area (Å²) in [6.45, 7) is 0.600. The van der Waals surface area contributed by atoms with Crippen molar-refractivity contribution in [3.8, 4) is 0 Å². The van der Waals surface area contributed by atoms with E-state index in [4.69, 9.17) is 0 Å². The molecule has 8 heteroatoms. The Morgan fingerprint density at radius 2 is 1.96 bits per heavy atom. The average molecular weight is 363 g/mol. The van der Waals surface area contributed by atoms with Gasteiger partial charge in [0, 0.05) is 32.4 Å². The van der Waals surface area contributed by atoms with Gasteiger partial charge in [-0.1, -0.05) is 12.1 Å². The molecule has 0 aliphatic heterocycles. The lowest BCUT2D eigenvalue weighted by Gasteiger charge is -2.19. The maximum Gasteiger partial charge on any atom is 0.222 e. The maximum absolute atomic E-state index is 13.1. The Morgan fingerprint density at radius 3 is 2.48 bits per heavy atom. The van der Waals surface area contributed by atoms with E-state index < -0.39 is 6.04 Å². The number of imidazole rings is 1. The minimum absolute atomic E-state index is 0. The molecule has 1 aromatic heterocycles. The molecule has 5 nitrogen and oxygen atoms in total. The summed E-state index contributed by atoms with van der Waals surface area (Å²) in [5.41, 5.74) is 0.795. The predicted octanol–water partition coefficient (Wildman–Crippen LogP) is 2.22. The number of nitrogens with one attached hydrogen (secondary N) is 2. The Morgan fingerprint density at radius 1 is 1.30 bits per heavy atom. The molecule has 2 rings (SSSR count). The third-order valence-electron chi connectivity index (χ3n) is 3.23. The van der Waals surface area contributed by atoms with Crippen LogP contribution in [0.25, 0.3) is 0 Å². The first kappa shape index (κ1) is 21.4. The Balaban J connectivity index is 0.00000242. The summed E-state index contributed by atoms with van der Waals surface area (Å²) in [5, 5.41) is 5.88. The summed E-state index contributed by atoms with van der Waals surface area (Å²) in [7, 11) is 3.65. The van der Waals surface area contributed by atoms with Gasteiger partial charge in [0.25, 0.3) is 0 Å². The maximum atomic E-state index is 13.1. The molecule has 23 heavy (non-hydrogen) atoms. The van der Waals surface area contributed by atoms with Gasteiger partial charge < -0.3 is 15.2 Å². The van der Waals surface area contributed by atoms with Crippen molar-refractivity contribution in [3.05, 3.63) is 53.9 Å². The lowest BCUT2D eigenvalue weighted by Crippen LogP contribution is -2.32. The molecule has 1 unspecified atom stereocenters. The average Bonchev–Trinajstić information content (AvgIpc) is 2.89. The van der Waals surface area contributed by atoms with Crippen molar-refractivity contribution >= 4 is 30.7 Å². The van der Waals surface area contributed by atoms with Gasteiger partial charge in [-0.3, -0.25) is 4.79 Å². The van der Waals surface area contributed by atoms with Gasteiger partial charge in [0.2, 0.25) is 5.91 Å². The summed E-state index contributed by atoms with van der Waals surface area (Å²) >= 11 is 0. The van der Waals surface area contributed by atoms with E-state index in [1.807, 2.05) is 17.8 Å². The van der Waals surface area contributed by atoms with Crippen LogP contribution in [-0.2, 0) is 11.8 Å². The SMILES string of the molecule is CNCCC(=O)NC(c1ccc(F)cc1)c1nccn1C.Cl.Cl. The fourth-order valence-corrected chi connectivity index (χ4v) is 2.08. The molecular formula is C15H21Cl2FN4O. The zero-order chi connectivity index (χ0) is 15.2. The number of aryl methyl sites for hydroxylation is 1. The van der Waals surface area contributed by atoms with E-state index in [-0.39, 0.29) is 36.5 Å². The first-order valence-electron chi connectivity index (χ1n) is 6.78. The number of carbonyl (C=O) groups is 1. The van der Waals surface area contributed by atoms with Crippen molar-refractivity contribution in [2.45, 2.75) is 12.5 Å². The number of nitrogens with zero attached hydrogens (tertiary/aromatic N) is 2. The van der Waals surface area contributed by atoms with Crippen LogP contribution in [0.1, 0.15) is 23.9 Å². The Hall–Kier alpha value is -1.63. The number of hydrogen-bond acceptors (Lipinski definition) is 3. The fourth-order valence-electron chi connectivity index (χ4n) is 2.08. The molecule has 0 aliphatic rings. The van der Waals surface area contributed by atoms with E-state index in [2.05, 4.69) is 15.6 Å². The number of carbonyl (C=O) groups excluding carboxylic acids is 1. The molecule has 0 fully saturated rings. The summed E-state index contributed by atoms with van der Waals surface area (Å²) in [5.74, 6) is 0.319. The summed E-state index contributed by atoms with van der Waals surface area (Å²) < 4.78 is 14.9. The zero-order valence-electron chi connectivity index (χ0n) is 13.0. The van der Waals surface area contributed by atoms with Crippen LogP contribution in [0.15, 0.2) is 36.7 Å². The molecule has 0 spiro atoms. The number of aromatic nitrogens is 2. The molecule has 2 aromatic rings. The highest BCUT2D eigenvalue weighted by atomic mass is 35.5. The molecule has 0 aliphatic carbocycles. The minimum atomic E-state index is -0.394. The smallest absolute Gasteiger partial charge is 0.222 e. The minimum Gasteiger partial charge on any atom is -0.342 e. The highest BCUT2D eigenvalue weighted by Crippen LogP contribution is 2.20. The van der Waals surface area contributed by atoms with Gasteiger partial charge in [-0.25, -0.2) is 9.37 Å². The van der Waals surface area contributed by atoms with Crippen LogP contribution < -0.4 is 10.6 Å². The normalized spacial score (nSPS) is 11.1. The Bertz CT molecular complexity index is 604. The standard InChI is InChI=1S/C15H19FN4O.2ClH/c1-17-8-7-13(21)19-14(15-18-9-10-20(15)2)11-3-5-12(16)6-4-11;;/h3-6,9-10,14,17H,7-8H2,1-2H3,(H,19,21);2*1H. The molecule has 0 radical (unpaired) electrons. The first-order chi connectivity index (χ1) is 10.1. The van der Waals surface area contributed by atoms with E-state index >= 15 is 0 Å². The highest BCUT2D eigenvalue weighted by Gasteiger charge is 2.20. The number of halogens is 3. The molecule has 2 N–H and O–H groups in total. The van der Waals surface area contributed by atoms with Gasteiger partial charge in [-0.15, -0.1) is 24.8 Å². The van der Waals surface area contributed by atoms with Crippen LogP contribution in [0.4, 0.5) is 4.39 Å². The number of benzene rings is 1. The van der Waals surface area contributed by atoms with Gasteiger partial charge in [0.05, 0.1) is 0 Å². The third kappa shape index (κ3) is 5.82. The van der Waals surface area contributed by atoms with E-state index in [0.29, 0.717) is 18.8 Å². The van der Waals surface area contributed by atoms with E-state index in [1.165, 1.54) is 12.1 Å². The molecule has 1 atom stereocenters. The van der Waals surface area contributed by atoms with Gasteiger partial charge in [0.1, 0.15) is 17.7 Å². The molecule has 1 heterocycles. The zero-order valence-corrected chi connectivity index (χ0v) is 14.6. The van der Waals surface area contributed by atoms with Gasteiger partial charge in [-0.2, -0.15) is 0 Å². The molecule has 128 valence electrons. The van der Waals surface area contributed by atoms with E-state index in [0.717, 1.165) is 5.56 Å². The van der Waals surface area contributed by atoms with E-state index in [9.17, 15) is 9.18 Å². The lowest BCUT2D eigenvalue weighted by atomic mass is 10.1. The summed E-state index contributed by atoms with van der Waals surface area (Å²) in [4.78, 5) is 16.3. The summed E-state index contributed by atoms with van der Waals surface area (Å²) in [6.07, 6.45) is 3.86. The second-order valence-corrected chi connectivity index (χ2v) is 4.80. The van der Waals surface area contributed by atoms with Crippen molar-refractivity contribution in [3.63, 3.8) is 0 Å². The fraction of sp³-hybridized carbons (Fsp3) is 0.333. The topological polar surface area (TPSA) is 59.0 Å². The Labute approximate surface area is 147 Å². The molecule has 0 saturated heterocycles. The molecule has 0 saturated carbocycles. The van der Waals surface area contributed by atoms with Crippen molar-refractivity contribution in [1.82, 2.24) is 20.2 Å². The monoisotopic (exact) mass is 362 g/mol. The molecule has 1 amide bonds. The van der Waals surface area contributed by atoms with Gasteiger partial charge in [-0.05, 0) is 24.7 Å². The van der Waals surface area contributed by atoms with E-state index in [1.54, 1.807) is 25.4 Å².